The molecule has 2 rings (SSSR count). The normalized spacial score (nSPS) is 11.7. The molecule has 0 radical (unpaired) electrons. The highest BCUT2D eigenvalue weighted by Gasteiger charge is 2.39. The first-order chi connectivity index (χ1) is 8.47. The van der Waals surface area contributed by atoms with Crippen LogP contribution in [0.5, 0.6) is 0 Å². The van der Waals surface area contributed by atoms with Gasteiger partial charge >= 0.3 is 6.18 Å². The van der Waals surface area contributed by atoms with Crippen molar-refractivity contribution in [2.45, 2.75) is 19.1 Å². The van der Waals surface area contributed by atoms with E-state index in [-0.39, 0.29) is 5.56 Å². The average Bonchev–Trinajstić information content (AvgIpc) is 2.95. The van der Waals surface area contributed by atoms with Crippen LogP contribution in [0.25, 0.3) is 0 Å². The number of alkyl halides is 3. The number of hydrogen-bond donors (Lipinski definition) is 0. The molecule has 0 atom stereocenters. The van der Waals surface area contributed by atoms with Crippen LogP contribution in [0.1, 0.15) is 15.9 Å². The van der Waals surface area contributed by atoms with E-state index in [1.165, 1.54) is 18.5 Å². The minimum absolute atomic E-state index is 0.312. The lowest BCUT2D eigenvalue weighted by molar-refractivity contribution is -0.0885. The first-order valence-corrected chi connectivity index (χ1v) is 6.19. The lowest BCUT2D eigenvalue weighted by Crippen LogP contribution is -2.22. The fraction of sp³-hybridized carbons (Fsp3) is 0.250. The van der Waals surface area contributed by atoms with E-state index >= 15 is 0 Å². The molecule has 2 aromatic heterocycles. The highest BCUT2D eigenvalue weighted by molar-refractivity contribution is 7.07. The fourth-order valence-electron chi connectivity index (χ4n) is 1.57. The smallest absolute Gasteiger partial charge is 0.353 e. The number of halogens is 3. The number of carbonyl (C=O) groups excluding carboxylic acids is 1. The van der Waals surface area contributed by atoms with E-state index in [2.05, 4.69) is 0 Å². The van der Waals surface area contributed by atoms with Gasteiger partial charge in [-0.05, 0) is 34.9 Å². The number of nitrogens with zero attached hydrogens (tertiary/aromatic N) is 1. The van der Waals surface area contributed by atoms with Crippen molar-refractivity contribution < 1.29 is 18.0 Å². The van der Waals surface area contributed by atoms with Crippen molar-refractivity contribution in [1.29, 1.82) is 0 Å². The summed E-state index contributed by atoms with van der Waals surface area (Å²) in [5.41, 5.74) is 0.824. The maximum Gasteiger partial charge on any atom is 0.454 e. The highest BCUT2D eigenvalue weighted by atomic mass is 32.1. The lowest BCUT2D eigenvalue weighted by atomic mass is 10.2. The Morgan fingerprint density at radius 2 is 2.11 bits per heavy atom. The third kappa shape index (κ3) is 3.01. The van der Waals surface area contributed by atoms with Gasteiger partial charge in [0.05, 0.1) is 0 Å². The minimum Gasteiger partial charge on any atom is -0.353 e. The van der Waals surface area contributed by atoms with Crippen molar-refractivity contribution in [2.24, 2.45) is 0 Å². The first kappa shape index (κ1) is 12.9. The molecule has 0 aliphatic carbocycles. The van der Waals surface area contributed by atoms with Gasteiger partial charge in [-0.2, -0.15) is 24.5 Å². The molecule has 0 saturated carbocycles. The molecule has 6 heteroatoms. The Labute approximate surface area is 106 Å². The second-order valence-electron chi connectivity index (χ2n) is 3.85. The Bertz CT molecular complexity index is 528. The zero-order valence-corrected chi connectivity index (χ0v) is 10.1. The van der Waals surface area contributed by atoms with Crippen molar-refractivity contribution >= 4 is 17.1 Å². The molecule has 0 aliphatic heterocycles. The summed E-state index contributed by atoms with van der Waals surface area (Å²) >= 11 is 1.58. The molecule has 0 aliphatic rings. The van der Waals surface area contributed by atoms with E-state index in [9.17, 15) is 18.0 Å². The summed E-state index contributed by atoms with van der Waals surface area (Å²) in [5.74, 6) is -1.79. The summed E-state index contributed by atoms with van der Waals surface area (Å²) in [4.78, 5) is 11.0. The molecule has 2 aromatic rings. The first-order valence-electron chi connectivity index (χ1n) is 5.25. The van der Waals surface area contributed by atoms with Crippen LogP contribution in [0, 0.1) is 0 Å². The molecule has 0 bridgehead atoms. The zero-order valence-electron chi connectivity index (χ0n) is 9.28. The van der Waals surface area contributed by atoms with Crippen molar-refractivity contribution in [3.63, 3.8) is 0 Å². The summed E-state index contributed by atoms with van der Waals surface area (Å²) < 4.78 is 38.2. The summed E-state index contributed by atoms with van der Waals surface area (Å²) in [6.07, 6.45) is -1.34. The molecule has 2 heterocycles. The Hall–Kier alpha value is -1.56. The van der Waals surface area contributed by atoms with Crippen LogP contribution in [0.15, 0.2) is 35.3 Å². The number of ketones is 1. The summed E-state index contributed by atoms with van der Waals surface area (Å²) in [5, 5.41) is 3.94. The Balaban J connectivity index is 2.00. The molecule has 2 nitrogen and oxygen atoms in total. The van der Waals surface area contributed by atoms with Crippen LogP contribution < -0.4 is 0 Å². The molecule has 0 N–H and O–H groups in total. The molecule has 0 unspecified atom stereocenters. The third-order valence-corrected chi connectivity index (χ3v) is 3.24. The maximum atomic E-state index is 12.2. The maximum absolute atomic E-state index is 12.2. The summed E-state index contributed by atoms with van der Waals surface area (Å²) in [7, 11) is 0. The molecule has 0 fully saturated rings. The summed E-state index contributed by atoms with van der Waals surface area (Å²) in [6.45, 7) is 0.557. The van der Waals surface area contributed by atoms with E-state index in [1.807, 2.05) is 16.8 Å². The summed E-state index contributed by atoms with van der Waals surface area (Å²) in [6, 6.07) is 3.17. The molecule has 18 heavy (non-hydrogen) atoms. The van der Waals surface area contributed by atoms with Gasteiger partial charge in [-0.1, -0.05) is 0 Å². The number of aromatic nitrogens is 1. The monoisotopic (exact) mass is 273 g/mol. The van der Waals surface area contributed by atoms with Gasteiger partial charge in [-0.15, -0.1) is 0 Å². The van der Waals surface area contributed by atoms with Crippen LogP contribution in [0.2, 0.25) is 0 Å². The Kier molecular flexibility index (Phi) is 3.56. The quantitative estimate of drug-likeness (QED) is 0.781. The molecule has 0 aromatic carbocycles. The zero-order chi connectivity index (χ0) is 13.2. The van der Waals surface area contributed by atoms with Gasteiger partial charge in [0, 0.05) is 24.5 Å². The van der Waals surface area contributed by atoms with Crippen LogP contribution in [0.4, 0.5) is 13.2 Å². The van der Waals surface area contributed by atoms with Crippen molar-refractivity contribution in [1.82, 2.24) is 4.57 Å². The topological polar surface area (TPSA) is 22.0 Å². The second-order valence-corrected chi connectivity index (χ2v) is 4.63. The van der Waals surface area contributed by atoms with Crippen LogP contribution in [-0.4, -0.2) is 16.5 Å². The van der Waals surface area contributed by atoms with E-state index in [0.29, 0.717) is 6.54 Å². The number of aryl methyl sites for hydroxylation is 2. The van der Waals surface area contributed by atoms with Gasteiger partial charge in [0.15, 0.2) is 0 Å². The fourth-order valence-corrected chi connectivity index (χ4v) is 2.27. The van der Waals surface area contributed by atoms with Gasteiger partial charge in [0.25, 0.3) is 5.78 Å². The lowest BCUT2D eigenvalue weighted by Gasteiger charge is -2.03. The number of hydrogen-bond acceptors (Lipinski definition) is 2. The van der Waals surface area contributed by atoms with Gasteiger partial charge in [-0.3, -0.25) is 4.79 Å². The molecular weight excluding hydrogens is 263 g/mol. The van der Waals surface area contributed by atoms with Gasteiger partial charge in [-0.25, -0.2) is 0 Å². The average molecular weight is 273 g/mol. The van der Waals surface area contributed by atoms with Crippen molar-refractivity contribution in [2.75, 3.05) is 0 Å². The number of rotatable bonds is 4. The van der Waals surface area contributed by atoms with Crippen LogP contribution in [-0.2, 0) is 13.0 Å². The van der Waals surface area contributed by atoms with E-state index in [0.717, 1.165) is 12.0 Å². The predicted octanol–water partition coefficient (Wildman–Crippen LogP) is 3.54. The molecule has 0 amide bonds. The van der Waals surface area contributed by atoms with Gasteiger partial charge in [0.2, 0.25) is 0 Å². The SMILES string of the molecule is O=C(c1ccn(CCc2ccsc2)c1)C(F)(F)F. The highest BCUT2D eigenvalue weighted by Crippen LogP contribution is 2.21. The standard InChI is InChI=1S/C12H10F3NOS/c13-12(14,15)11(17)10-2-5-16(7-10)4-1-9-3-6-18-8-9/h2-3,5-8H,1,4H2. The van der Waals surface area contributed by atoms with E-state index < -0.39 is 12.0 Å². The number of Topliss-reactive ketones (excluding diaryl/α,β-unsaturated/α-hetero) is 1. The third-order valence-electron chi connectivity index (χ3n) is 2.51. The van der Waals surface area contributed by atoms with E-state index in [4.69, 9.17) is 0 Å². The van der Waals surface area contributed by atoms with E-state index in [1.54, 1.807) is 15.9 Å². The van der Waals surface area contributed by atoms with Crippen LogP contribution >= 0.6 is 11.3 Å². The van der Waals surface area contributed by atoms with Crippen molar-refractivity contribution in [3.8, 4) is 0 Å². The Morgan fingerprint density at radius 3 is 2.72 bits per heavy atom. The number of carbonyl (C=O) groups is 1. The Morgan fingerprint density at radius 1 is 1.33 bits per heavy atom. The number of thiophene rings is 1. The van der Waals surface area contributed by atoms with Crippen molar-refractivity contribution in [3.05, 3.63) is 46.4 Å². The largest absolute Gasteiger partial charge is 0.454 e. The minimum atomic E-state index is -4.81. The second kappa shape index (κ2) is 4.97. The van der Waals surface area contributed by atoms with Crippen LogP contribution in [0.3, 0.4) is 0 Å². The molecular formula is C12H10F3NOS. The molecule has 0 saturated heterocycles. The molecule has 96 valence electrons. The van der Waals surface area contributed by atoms with Gasteiger partial charge in [0.1, 0.15) is 0 Å². The molecule has 0 spiro atoms. The van der Waals surface area contributed by atoms with Gasteiger partial charge < -0.3 is 4.57 Å². The predicted molar refractivity (Wildman–Crippen MR) is 62.8 cm³/mol.